The van der Waals surface area contributed by atoms with Crippen LogP contribution in [0.15, 0.2) is 0 Å². The molecule has 0 saturated carbocycles. The molecule has 1 aliphatic heterocycles. The van der Waals surface area contributed by atoms with Crippen LogP contribution in [0.1, 0.15) is 32.6 Å². The van der Waals surface area contributed by atoms with Gasteiger partial charge in [-0.15, -0.1) is 0 Å². The lowest BCUT2D eigenvalue weighted by molar-refractivity contribution is -0.121. The van der Waals surface area contributed by atoms with E-state index in [4.69, 9.17) is 0 Å². The zero-order valence-electron chi connectivity index (χ0n) is 9.70. The standard InChI is InChI=1S/C11H22N2O2/c1-9(14)8-10-4-3-6-13(10)7-5-11(15)12-2/h9-10,14H,3-8H2,1-2H3,(H,12,15)/t9-,10+/m1/s1. The number of likely N-dealkylation sites (tertiary alicyclic amines) is 1. The number of rotatable bonds is 5. The van der Waals surface area contributed by atoms with Crippen LogP contribution in [0.25, 0.3) is 0 Å². The van der Waals surface area contributed by atoms with E-state index in [1.807, 2.05) is 6.92 Å². The van der Waals surface area contributed by atoms with Crippen LogP contribution < -0.4 is 5.32 Å². The number of nitrogens with one attached hydrogen (secondary N) is 1. The summed E-state index contributed by atoms with van der Waals surface area (Å²) in [5.41, 5.74) is 0. The number of nitrogens with zero attached hydrogens (tertiary/aromatic N) is 1. The smallest absolute Gasteiger partial charge is 0.221 e. The summed E-state index contributed by atoms with van der Waals surface area (Å²) in [6.45, 7) is 3.71. The molecule has 0 aromatic heterocycles. The zero-order valence-corrected chi connectivity index (χ0v) is 9.70. The van der Waals surface area contributed by atoms with Gasteiger partial charge in [-0.2, -0.15) is 0 Å². The summed E-state index contributed by atoms with van der Waals surface area (Å²) in [4.78, 5) is 13.4. The summed E-state index contributed by atoms with van der Waals surface area (Å²) >= 11 is 0. The van der Waals surface area contributed by atoms with Gasteiger partial charge in [-0.05, 0) is 32.7 Å². The minimum Gasteiger partial charge on any atom is -0.393 e. The van der Waals surface area contributed by atoms with Crippen molar-refractivity contribution in [2.75, 3.05) is 20.1 Å². The molecule has 15 heavy (non-hydrogen) atoms. The first-order valence-electron chi connectivity index (χ1n) is 5.76. The van der Waals surface area contributed by atoms with E-state index < -0.39 is 0 Å². The van der Waals surface area contributed by atoms with Gasteiger partial charge in [0.25, 0.3) is 0 Å². The lowest BCUT2D eigenvalue weighted by atomic mass is 10.1. The van der Waals surface area contributed by atoms with Gasteiger partial charge >= 0.3 is 0 Å². The van der Waals surface area contributed by atoms with Crippen molar-refractivity contribution in [3.63, 3.8) is 0 Å². The van der Waals surface area contributed by atoms with Crippen molar-refractivity contribution < 1.29 is 9.90 Å². The Morgan fingerprint density at radius 3 is 3.00 bits per heavy atom. The molecule has 1 saturated heterocycles. The Labute approximate surface area is 91.6 Å². The lowest BCUT2D eigenvalue weighted by Gasteiger charge is -2.24. The predicted molar refractivity (Wildman–Crippen MR) is 59.6 cm³/mol. The number of aliphatic hydroxyl groups excluding tert-OH is 1. The topological polar surface area (TPSA) is 52.6 Å². The number of hydrogen-bond acceptors (Lipinski definition) is 3. The van der Waals surface area contributed by atoms with Crippen molar-refractivity contribution in [3.05, 3.63) is 0 Å². The van der Waals surface area contributed by atoms with E-state index in [0.717, 1.165) is 25.9 Å². The molecule has 0 radical (unpaired) electrons. The Balaban J connectivity index is 2.30. The Kier molecular flexibility index (Phi) is 5.05. The van der Waals surface area contributed by atoms with Gasteiger partial charge in [0.05, 0.1) is 6.10 Å². The Bertz CT molecular complexity index is 207. The highest BCUT2D eigenvalue weighted by Gasteiger charge is 2.25. The number of aliphatic hydroxyl groups is 1. The second kappa shape index (κ2) is 6.08. The van der Waals surface area contributed by atoms with Gasteiger partial charge in [-0.3, -0.25) is 9.69 Å². The van der Waals surface area contributed by atoms with Gasteiger partial charge in [0.1, 0.15) is 0 Å². The minimum atomic E-state index is -0.240. The van der Waals surface area contributed by atoms with Crippen molar-refractivity contribution in [1.29, 1.82) is 0 Å². The molecular formula is C11H22N2O2. The normalized spacial score (nSPS) is 24.1. The Morgan fingerprint density at radius 2 is 2.40 bits per heavy atom. The molecule has 88 valence electrons. The average molecular weight is 214 g/mol. The van der Waals surface area contributed by atoms with Crippen LogP contribution >= 0.6 is 0 Å². The number of carbonyl (C=O) groups is 1. The fourth-order valence-electron chi connectivity index (χ4n) is 2.22. The van der Waals surface area contributed by atoms with E-state index in [1.165, 1.54) is 6.42 Å². The predicted octanol–water partition coefficient (Wildman–Crippen LogP) is 0.358. The molecule has 0 aliphatic carbocycles. The van der Waals surface area contributed by atoms with Crippen LogP contribution in [0.4, 0.5) is 0 Å². The van der Waals surface area contributed by atoms with E-state index in [2.05, 4.69) is 10.2 Å². The highest BCUT2D eigenvalue weighted by Crippen LogP contribution is 2.21. The van der Waals surface area contributed by atoms with Gasteiger partial charge in [0, 0.05) is 26.1 Å². The molecule has 2 N–H and O–H groups in total. The summed E-state index contributed by atoms with van der Waals surface area (Å²) in [6.07, 6.45) is 3.49. The summed E-state index contributed by atoms with van der Waals surface area (Å²) in [5, 5.41) is 12.0. The first-order valence-corrected chi connectivity index (χ1v) is 5.76. The number of carbonyl (C=O) groups excluding carboxylic acids is 1. The maximum atomic E-state index is 11.1. The molecule has 1 rings (SSSR count). The molecule has 4 heteroatoms. The van der Waals surface area contributed by atoms with E-state index >= 15 is 0 Å². The first-order chi connectivity index (χ1) is 7.13. The van der Waals surface area contributed by atoms with Crippen LogP contribution in [0.5, 0.6) is 0 Å². The highest BCUT2D eigenvalue weighted by molar-refractivity contribution is 5.75. The van der Waals surface area contributed by atoms with Gasteiger partial charge < -0.3 is 10.4 Å². The molecule has 0 aromatic rings. The Hall–Kier alpha value is -0.610. The van der Waals surface area contributed by atoms with Crippen molar-refractivity contribution in [3.8, 4) is 0 Å². The fourth-order valence-corrected chi connectivity index (χ4v) is 2.22. The molecule has 1 heterocycles. The van der Waals surface area contributed by atoms with Crippen LogP contribution in [0.2, 0.25) is 0 Å². The Morgan fingerprint density at radius 1 is 1.67 bits per heavy atom. The SMILES string of the molecule is CNC(=O)CCN1CCC[C@H]1C[C@@H](C)O. The van der Waals surface area contributed by atoms with E-state index in [9.17, 15) is 9.90 Å². The molecular weight excluding hydrogens is 192 g/mol. The average Bonchev–Trinajstić information content (AvgIpc) is 2.61. The largest absolute Gasteiger partial charge is 0.393 e. The van der Waals surface area contributed by atoms with Crippen molar-refractivity contribution in [1.82, 2.24) is 10.2 Å². The summed E-state index contributed by atoms with van der Waals surface area (Å²) in [7, 11) is 1.67. The van der Waals surface area contributed by atoms with Gasteiger partial charge in [-0.25, -0.2) is 0 Å². The quantitative estimate of drug-likeness (QED) is 0.694. The van der Waals surface area contributed by atoms with Crippen LogP contribution in [0.3, 0.4) is 0 Å². The molecule has 2 atom stereocenters. The molecule has 0 aromatic carbocycles. The monoisotopic (exact) mass is 214 g/mol. The number of amides is 1. The second-order valence-electron chi connectivity index (χ2n) is 4.34. The fraction of sp³-hybridized carbons (Fsp3) is 0.909. The van der Waals surface area contributed by atoms with Gasteiger partial charge in [0.15, 0.2) is 0 Å². The van der Waals surface area contributed by atoms with Gasteiger partial charge in [-0.1, -0.05) is 0 Å². The summed E-state index contributed by atoms with van der Waals surface area (Å²) < 4.78 is 0. The van der Waals surface area contributed by atoms with Crippen molar-refractivity contribution in [2.24, 2.45) is 0 Å². The molecule has 4 nitrogen and oxygen atoms in total. The molecule has 0 unspecified atom stereocenters. The highest BCUT2D eigenvalue weighted by atomic mass is 16.3. The maximum absolute atomic E-state index is 11.1. The third-order valence-corrected chi connectivity index (χ3v) is 3.02. The molecule has 1 fully saturated rings. The van der Waals surface area contributed by atoms with Crippen LogP contribution in [-0.4, -0.2) is 48.2 Å². The van der Waals surface area contributed by atoms with E-state index in [1.54, 1.807) is 7.05 Å². The third kappa shape index (κ3) is 4.18. The van der Waals surface area contributed by atoms with E-state index in [-0.39, 0.29) is 12.0 Å². The van der Waals surface area contributed by atoms with Crippen molar-refractivity contribution in [2.45, 2.75) is 44.8 Å². The lowest BCUT2D eigenvalue weighted by Crippen LogP contribution is -2.35. The maximum Gasteiger partial charge on any atom is 0.221 e. The zero-order chi connectivity index (χ0) is 11.3. The van der Waals surface area contributed by atoms with Crippen LogP contribution in [-0.2, 0) is 4.79 Å². The molecule has 0 bridgehead atoms. The second-order valence-corrected chi connectivity index (χ2v) is 4.34. The molecule has 0 spiro atoms. The third-order valence-electron chi connectivity index (χ3n) is 3.02. The summed E-state index contributed by atoms with van der Waals surface area (Å²) in [6, 6.07) is 0.467. The number of hydrogen-bond donors (Lipinski definition) is 2. The molecule has 1 amide bonds. The minimum absolute atomic E-state index is 0.0951. The summed E-state index contributed by atoms with van der Waals surface area (Å²) in [5.74, 6) is 0.0951. The molecule has 1 aliphatic rings. The van der Waals surface area contributed by atoms with Crippen LogP contribution in [0, 0.1) is 0 Å². The van der Waals surface area contributed by atoms with E-state index in [0.29, 0.717) is 12.5 Å². The van der Waals surface area contributed by atoms with Gasteiger partial charge in [0.2, 0.25) is 5.91 Å². The van der Waals surface area contributed by atoms with Crippen molar-refractivity contribution >= 4 is 5.91 Å². The first kappa shape index (κ1) is 12.5.